The molecule has 33 heavy (non-hydrogen) atoms. The number of hydrogen-bond donors (Lipinski definition) is 1. The lowest BCUT2D eigenvalue weighted by Crippen LogP contribution is -2.47. The first-order valence-corrected chi connectivity index (χ1v) is 11.7. The molecule has 1 aromatic heterocycles. The molecule has 0 unspecified atom stereocenters. The zero-order chi connectivity index (χ0) is 23.5. The number of benzene rings is 2. The number of thiophene rings is 1. The van der Waals surface area contributed by atoms with E-state index in [9.17, 15) is 14.4 Å². The van der Waals surface area contributed by atoms with Gasteiger partial charge in [0.15, 0.2) is 0 Å². The maximum Gasteiger partial charge on any atom is 0.339 e. The summed E-state index contributed by atoms with van der Waals surface area (Å²) in [6, 6.07) is 17.5. The van der Waals surface area contributed by atoms with Gasteiger partial charge in [0.1, 0.15) is 0 Å². The van der Waals surface area contributed by atoms with Gasteiger partial charge < -0.3 is 15.0 Å². The molecule has 170 valence electrons. The summed E-state index contributed by atoms with van der Waals surface area (Å²) in [6.07, 6.45) is 0. The third-order valence-corrected chi connectivity index (χ3v) is 6.65. The number of fused-ring (bicyclic) bond motifs is 1. The standard InChI is InChI=1S/C26H26N2O4S/c1-16(2)15-28-23(21-13-8-14-33-21)22(17-9-4-5-10-18(17)25(28)30)24(29)27-20-12-7-6-11-19(20)26(31)32-3/h4-14,16,22-23H,15H2,1-3H3,(H,27,29)/t22-,23-/m0/s1. The van der Waals surface area contributed by atoms with Gasteiger partial charge in [0.2, 0.25) is 5.91 Å². The summed E-state index contributed by atoms with van der Waals surface area (Å²) in [4.78, 5) is 42.3. The number of carbonyl (C=O) groups is 3. The molecule has 7 heteroatoms. The Hall–Kier alpha value is -3.45. The van der Waals surface area contributed by atoms with Crippen molar-refractivity contribution < 1.29 is 19.1 Å². The van der Waals surface area contributed by atoms with Gasteiger partial charge in [-0.15, -0.1) is 11.3 Å². The SMILES string of the molecule is COC(=O)c1ccccc1NC(=O)[C@H]1c2ccccc2C(=O)N(CC(C)C)[C@H]1c1cccs1. The zero-order valence-electron chi connectivity index (χ0n) is 18.8. The molecule has 2 amide bonds. The summed E-state index contributed by atoms with van der Waals surface area (Å²) >= 11 is 1.53. The molecule has 0 radical (unpaired) electrons. The average Bonchev–Trinajstić information content (AvgIpc) is 3.34. The minimum atomic E-state index is -0.637. The molecule has 0 spiro atoms. The van der Waals surface area contributed by atoms with Crippen LogP contribution in [0.25, 0.3) is 0 Å². The fraction of sp³-hybridized carbons (Fsp3) is 0.269. The lowest BCUT2D eigenvalue weighted by molar-refractivity contribution is -0.119. The quantitative estimate of drug-likeness (QED) is 0.517. The van der Waals surface area contributed by atoms with Gasteiger partial charge in [0, 0.05) is 17.0 Å². The highest BCUT2D eigenvalue weighted by Gasteiger charge is 2.44. The molecule has 2 aromatic carbocycles. The number of nitrogens with zero attached hydrogens (tertiary/aromatic N) is 1. The molecule has 6 nitrogen and oxygen atoms in total. The first-order valence-electron chi connectivity index (χ1n) is 10.8. The number of para-hydroxylation sites is 1. The van der Waals surface area contributed by atoms with Crippen molar-refractivity contribution in [2.75, 3.05) is 19.0 Å². The third kappa shape index (κ3) is 4.41. The molecule has 0 bridgehead atoms. The summed E-state index contributed by atoms with van der Waals surface area (Å²) in [6.45, 7) is 4.64. The van der Waals surface area contributed by atoms with E-state index in [4.69, 9.17) is 4.74 Å². The molecular weight excluding hydrogens is 436 g/mol. The van der Waals surface area contributed by atoms with Crippen LogP contribution in [0.1, 0.15) is 57.0 Å². The van der Waals surface area contributed by atoms with E-state index in [1.807, 2.05) is 40.6 Å². The number of carbonyl (C=O) groups excluding carboxylic acids is 3. The topological polar surface area (TPSA) is 75.7 Å². The maximum atomic E-state index is 13.8. The van der Waals surface area contributed by atoms with Crippen molar-refractivity contribution in [3.8, 4) is 0 Å². The van der Waals surface area contributed by atoms with Crippen LogP contribution in [0.5, 0.6) is 0 Å². The minimum Gasteiger partial charge on any atom is -0.465 e. The number of esters is 1. The van der Waals surface area contributed by atoms with Crippen LogP contribution in [0.15, 0.2) is 66.0 Å². The van der Waals surface area contributed by atoms with Crippen LogP contribution in [0, 0.1) is 5.92 Å². The Bertz CT molecular complexity index is 1170. The zero-order valence-corrected chi connectivity index (χ0v) is 19.6. The number of amides is 2. The molecule has 0 aliphatic carbocycles. The molecule has 3 aromatic rings. The summed E-state index contributed by atoms with van der Waals surface area (Å²) < 4.78 is 4.87. The second-order valence-corrected chi connectivity index (χ2v) is 9.38. The van der Waals surface area contributed by atoms with Crippen molar-refractivity contribution in [1.82, 2.24) is 4.90 Å². The fourth-order valence-corrected chi connectivity index (χ4v) is 5.21. The van der Waals surface area contributed by atoms with E-state index < -0.39 is 17.9 Å². The van der Waals surface area contributed by atoms with Crippen LogP contribution in [-0.4, -0.2) is 36.3 Å². The highest BCUT2D eigenvalue weighted by Crippen LogP contribution is 2.45. The molecule has 0 fully saturated rings. The lowest BCUT2D eigenvalue weighted by atomic mass is 9.81. The highest BCUT2D eigenvalue weighted by molar-refractivity contribution is 7.10. The van der Waals surface area contributed by atoms with Crippen molar-refractivity contribution in [2.24, 2.45) is 5.92 Å². The van der Waals surface area contributed by atoms with Crippen LogP contribution in [-0.2, 0) is 9.53 Å². The van der Waals surface area contributed by atoms with E-state index in [0.29, 0.717) is 23.4 Å². The van der Waals surface area contributed by atoms with Gasteiger partial charge >= 0.3 is 5.97 Å². The number of anilines is 1. The van der Waals surface area contributed by atoms with Crippen molar-refractivity contribution in [1.29, 1.82) is 0 Å². The number of rotatable bonds is 6. The average molecular weight is 463 g/mol. The van der Waals surface area contributed by atoms with Gasteiger partial charge in [-0.1, -0.05) is 50.2 Å². The molecule has 2 atom stereocenters. The maximum absolute atomic E-state index is 13.8. The molecule has 2 heterocycles. The van der Waals surface area contributed by atoms with E-state index in [1.165, 1.54) is 18.4 Å². The van der Waals surface area contributed by atoms with Crippen molar-refractivity contribution in [3.05, 3.63) is 87.6 Å². The smallest absolute Gasteiger partial charge is 0.339 e. The second kappa shape index (κ2) is 9.58. The third-order valence-electron chi connectivity index (χ3n) is 5.71. The Morgan fingerprint density at radius 2 is 1.79 bits per heavy atom. The van der Waals surface area contributed by atoms with E-state index in [-0.39, 0.29) is 23.3 Å². The molecular formula is C26H26N2O4S. The fourth-order valence-electron chi connectivity index (χ4n) is 4.34. The van der Waals surface area contributed by atoms with E-state index in [1.54, 1.807) is 30.3 Å². The van der Waals surface area contributed by atoms with Crippen LogP contribution < -0.4 is 5.32 Å². The van der Waals surface area contributed by atoms with Crippen molar-refractivity contribution >= 4 is 34.8 Å². The van der Waals surface area contributed by atoms with Gasteiger partial charge in [-0.05, 0) is 41.1 Å². The minimum absolute atomic E-state index is 0.0725. The number of methoxy groups -OCH3 is 1. The van der Waals surface area contributed by atoms with Gasteiger partial charge in [-0.3, -0.25) is 9.59 Å². The number of nitrogens with one attached hydrogen (secondary N) is 1. The van der Waals surface area contributed by atoms with Crippen LogP contribution in [0.4, 0.5) is 5.69 Å². The van der Waals surface area contributed by atoms with Gasteiger partial charge in [-0.2, -0.15) is 0 Å². The van der Waals surface area contributed by atoms with E-state index >= 15 is 0 Å². The van der Waals surface area contributed by atoms with Gasteiger partial charge in [0.25, 0.3) is 5.91 Å². The molecule has 1 N–H and O–H groups in total. The molecule has 0 saturated carbocycles. The van der Waals surface area contributed by atoms with Crippen LogP contribution >= 0.6 is 11.3 Å². The largest absolute Gasteiger partial charge is 0.465 e. The Balaban J connectivity index is 1.82. The Labute approximate surface area is 197 Å². The normalized spacial score (nSPS) is 17.6. The molecule has 1 aliphatic heterocycles. The number of hydrogen-bond acceptors (Lipinski definition) is 5. The Kier molecular flexibility index (Phi) is 6.60. The second-order valence-electron chi connectivity index (χ2n) is 8.40. The lowest BCUT2D eigenvalue weighted by Gasteiger charge is -2.42. The van der Waals surface area contributed by atoms with Crippen LogP contribution in [0.2, 0.25) is 0 Å². The van der Waals surface area contributed by atoms with Crippen LogP contribution in [0.3, 0.4) is 0 Å². The highest BCUT2D eigenvalue weighted by atomic mass is 32.1. The monoisotopic (exact) mass is 462 g/mol. The predicted octanol–water partition coefficient (Wildman–Crippen LogP) is 5.11. The van der Waals surface area contributed by atoms with Crippen molar-refractivity contribution in [3.63, 3.8) is 0 Å². The predicted molar refractivity (Wildman–Crippen MR) is 129 cm³/mol. The summed E-state index contributed by atoms with van der Waals surface area (Å²) in [5.74, 6) is -1.29. The first-order chi connectivity index (χ1) is 15.9. The van der Waals surface area contributed by atoms with E-state index in [2.05, 4.69) is 19.2 Å². The first kappa shape index (κ1) is 22.7. The van der Waals surface area contributed by atoms with E-state index in [0.717, 1.165) is 4.88 Å². The molecule has 1 aliphatic rings. The summed E-state index contributed by atoms with van der Waals surface area (Å²) in [5.41, 5.74) is 1.88. The Morgan fingerprint density at radius 1 is 1.06 bits per heavy atom. The molecule has 0 saturated heterocycles. The van der Waals surface area contributed by atoms with Crippen molar-refractivity contribution in [2.45, 2.75) is 25.8 Å². The summed E-state index contributed by atoms with van der Waals surface area (Å²) in [5, 5.41) is 4.90. The number of ether oxygens (including phenoxy) is 1. The van der Waals surface area contributed by atoms with Gasteiger partial charge in [-0.25, -0.2) is 4.79 Å². The Morgan fingerprint density at radius 3 is 2.48 bits per heavy atom. The summed E-state index contributed by atoms with van der Waals surface area (Å²) in [7, 11) is 1.31. The van der Waals surface area contributed by atoms with Gasteiger partial charge in [0.05, 0.1) is 30.3 Å². The molecule has 4 rings (SSSR count).